The standard InChI is InChI=1S/C21H21NO2.C21H23NO.C12H16O3.C12H14O3.C11H14O3.C9H10O2/c1-15(17-10-5-6-13-20(17)24-2)14-21(23)22-19-12-7-9-16-8-3-4-11-18(16)19;1-16(18-10-5-6-13-21(18)23-2)14-15-22-20-12-7-9-17-8-3-4-11-19(17)20;2*1-9(8-12(13)15-3)10-6-4-5-7-11(10)14-2;1-8(7-11(12)13)9-5-3-4-6-10(9)14-2;1-7(10)8-5-3-4-6-9(8)11-2/h3-13,15H,14H2,1-2H3,(H,22,23);3-13,16,22H,14-15H2,1-2H3;4-7,9H,8H2,1-3H3;4-8H,1-3H3;3-6,8H,7H2,1-2H3,(H,12,13);3-6H,1-2H3/b;;;9-8+;;. The molecule has 0 aliphatic heterocycles. The maximum atomic E-state index is 12.5. The van der Waals surface area contributed by atoms with Gasteiger partial charge in [-0.25, -0.2) is 4.79 Å². The number of Topliss-reactive ketones (excluding diaryl/α,β-unsaturated/α-hetero) is 1. The highest BCUT2D eigenvalue weighted by Crippen LogP contribution is 2.34. The van der Waals surface area contributed by atoms with Crippen molar-refractivity contribution < 1.29 is 67.0 Å². The molecule has 16 heteroatoms. The summed E-state index contributed by atoms with van der Waals surface area (Å²) >= 11 is 0. The van der Waals surface area contributed by atoms with E-state index in [0.29, 0.717) is 30.1 Å². The quantitative estimate of drug-likeness (QED) is 0.0292. The van der Waals surface area contributed by atoms with Gasteiger partial charge in [0, 0.05) is 46.8 Å². The number of esters is 2. The number of aliphatic carboxylic acids is 1. The molecule has 0 bridgehead atoms. The number of hydrogen-bond acceptors (Lipinski definition) is 14. The summed E-state index contributed by atoms with van der Waals surface area (Å²) in [4.78, 5) is 56.2. The minimum atomic E-state index is -0.789. The number of fused-ring (bicyclic) bond motifs is 2. The van der Waals surface area contributed by atoms with Crippen LogP contribution in [0.15, 0.2) is 237 Å². The largest absolute Gasteiger partial charge is 0.496 e. The Morgan fingerprint density at radius 1 is 0.382 bits per heavy atom. The molecule has 0 saturated carbocycles. The van der Waals surface area contributed by atoms with E-state index in [4.69, 9.17) is 33.5 Å². The number of allylic oxidation sites excluding steroid dienone is 1. The van der Waals surface area contributed by atoms with Crippen LogP contribution in [0.4, 0.5) is 11.4 Å². The third-order valence-electron chi connectivity index (χ3n) is 16.7. The second-order valence-corrected chi connectivity index (χ2v) is 23.8. The van der Waals surface area contributed by atoms with Crippen molar-refractivity contribution in [3.8, 4) is 34.5 Å². The average molecular weight is 1380 g/mol. The molecule has 0 aliphatic carbocycles. The van der Waals surface area contributed by atoms with Crippen LogP contribution in [0.3, 0.4) is 0 Å². The zero-order valence-electron chi connectivity index (χ0n) is 61.1. The fourth-order valence-corrected chi connectivity index (χ4v) is 11.2. The fourth-order valence-electron chi connectivity index (χ4n) is 11.2. The lowest BCUT2D eigenvalue weighted by Crippen LogP contribution is -2.15. The van der Waals surface area contributed by atoms with Gasteiger partial charge in [-0.05, 0) is 137 Å². The van der Waals surface area contributed by atoms with Crippen LogP contribution in [0.5, 0.6) is 34.5 Å². The Balaban J connectivity index is 0.000000225. The van der Waals surface area contributed by atoms with Gasteiger partial charge in [0.1, 0.15) is 34.5 Å². The number of methoxy groups -OCH3 is 8. The van der Waals surface area contributed by atoms with Crippen molar-refractivity contribution in [3.63, 3.8) is 0 Å². The Kier molecular flexibility index (Phi) is 35.0. The summed E-state index contributed by atoms with van der Waals surface area (Å²) in [7, 11) is 12.5. The van der Waals surface area contributed by atoms with Gasteiger partial charge in [-0.15, -0.1) is 0 Å². The summed E-state index contributed by atoms with van der Waals surface area (Å²) in [6.45, 7) is 12.5. The van der Waals surface area contributed by atoms with Crippen molar-refractivity contribution in [1.82, 2.24) is 0 Å². The number of ether oxygens (including phenoxy) is 8. The van der Waals surface area contributed by atoms with Crippen molar-refractivity contribution >= 4 is 68.1 Å². The third kappa shape index (κ3) is 25.7. The molecule has 0 fully saturated rings. The van der Waals surface area contributed by atoms with Crippen LogP contribution in [0, 0.1) is 0 Å². The summed E-state index contributed by atoms with van der Waals surface area (Å²) in [5.74, 6) is 4.04. The number of amides is 1. The zero-order valence-corrected chi connectivity index (χ0v) is 61.1. The van der Waals surface area contributed by atoms with Crippen molar-refractivity contribution in [2.24, 2.45) is 0 Å². The molecule has 0 aliphatic rings. The van der Waals surface area contributed by atoms with Gasteiger partial charge in [0.15, 0.2) is 5.78 Å². The number of hydrogen-bond donors (Lipinski definition) is 3. The van der Waals surface area contributed by atoms with Gasteiger partial charge in [0.2, 0.25) is 5.91 Å². The molecule has 16 nitrogen and oxygen atoms in total. The van der Waals surface area contributed by atoms with Crippen LogP contribution in [0.2, 0.25) is 0 Å². The first-order valence-electron chi connectivity index (χ1n) is 33.6. The molecule has 536 valence electrons. The number of anilines is 2. The minimum Gasteiger partial charge on any atom is -0.496 e. The predicted molar refractivity (Wildman–Crippen MR) is 410 cm³/mol. The summed E-state index contributed by atoms with van der Waals surface area (Å²) in [5.41, 5.74) is 8.70. The molecular formula is C86H98N2O14. The molecule has 0 heterocycles. The molecule has 4 unspecified atom stereocenters. The number of carboxylic acid groups (broad SMARTS) is 1. The van der Waals surface area contributed by atoms with Crippen LogP contribution in [-0.4, -0.2) is 98.1 Å². The summed E-state index contributed by atoms with van der Waals surface area (Å²) in [5, 5.41) is 20.0. The molecule has 4 atom stereocenters. The number of rotatable bonds is 24. The van der Waals surface area contributed by atoms with Crippen LogP contribution in [0.1, 0.15) is 129 Å². The van der Waals surface area contributed by atoms with Gasteiger partial charge in [-0.2, -0.15) is 0 Å². The number of ketones is 1. The van der Waals surface area contributed by atoms with E-state index < -0.39 is 5.97 Å². The summed E-state index contributed by atoms with van der Waals surface area (Å²) < 4.78 is 40.6. The molecular weight excluding hydrogens is 1280 g/mol. The second-order valence-electron chi connectivity index (χ2n) is 23.8. The van der Waals surface area contributed by atoms with Gasteiger partial charge >= 0.3 is 17.9 Å². The van der Waals surface area contributed by atoms with Gasteiger partial charge in [0.05, 0.1) is 75.3 Å². The maximum Gasteiger partial charge on any atom is 0.330 e. The highest BCUT2D eigenvalue weighted by molar-refractivity contribution is 6.02. The highest BCUT2D eigenvalue weighted by atomic mass is 16.5. The lowest BCUT2D eigenvalue weighted by atomic mass is 9.96. The highest BCUT2D eigenvalue weighted by Gasteiger charge is 2.19. The van der Waals surface area contributed by atoms with Gasteiger partial charge in [0.25, 0.3) is 0 Å². The number of benzene rings is 10. The molecule has 3 N–H and O–H groups in total. The lowest BCUT2D eigenvalue weighted by molar-refractivity contribution is -0.141. The predicted octanol–water partition coefficient (Wildman–Crippen LogP) is 19.2. The molecule has 10 rings (SSSR count). The van der Waals surface area contributed by atoms with Gasteiger partial charge in [-0.3, -0.25) is 19.2 Å². The Bertz CT molecular complexity index is 4290. The monoisotopic (exact) mass is 1380 g/mol. The third-order valence-corrected chi connectivity index (χ3v) is 16.7. The molecule has 0 spiro atoms. The van der Waals surface area contributed by atoms with Crippen molar-refractivity contribution in [2.45, 2.75) is 90.9 Å². The normalized spacial score (nSPS) is 11.6. The van der Waals surface area contributed by atoms with E-state index in [9.17, 15) is 24.0 Å². The molecule has 0 aromatic heterocycles. The number of carboxylic acids is 1. The molecule has 102 heavy (non-hydrogen) atoms. The van der Waals surface area contributed by atoms with Gasteiger partial charge in [-0.1, -0.05) is 204 Å². The van der Waals surface area contributed by atoms with Crippen molar-refractivity contribution in [2.75, 3.05) is 74.1 Å². The van der Waals surface area contributed by atoms with Gasteiger partial charge < -0.3 is 53.6 Å². The molecule has 1 amide bonds. The summed E-state index contributed by atoms with van der Waals surface area (Å²) in [6, 6.07) is 74.9. The first-order valence-corrected chi connectivity index (χ1v) is 33.6. The van der Waals surface area contributed by atoms with E-state index >= 15 is 0 Å². The molecule has 10 aromatic rings. The van der Waals surface area contributed by atoms with Crippen LogP contribution >= 0.6 is 0 Å². The van der Waals surface area contributed by atoms with Crippen LogP contribution in [0.25, 0.3) is 27.1 Å². The zero-order chi connectivity index (χ0) is 74.3. The fraction of sp³-hybridized carbons (Fsp3) is 0.267. The molecule has 0 saturated heterocycles. The minimum absolute atomic E-state index is 0.00441. The van der Waals surface area contributed by atoms with E-state index in [1.165, 1.54) is 49.2 Å². The van der Waals surface area contributed by atoms with Crippen LogP contribution < -0.4 is 39.1 Å². The Morgan fingerprint density at radius 2 is 0.735 bits per heavy atom. The Hall–Kier alpha value is -11.4. The van der Waals surface area contributed by atoms with Crippen molar-refractivity contribution in [3.05, 3.63) is 270 Å². The topological polar surface area (TPSA) is 203 Å². The van der Waals surface area contributed by atoms with Crippen LogP contribution in [-0.2, 0) is 28.7 Å². The Morgan fingerprint density at radius 3 is 1.16 bits per heavy atom. The van der Waals surface area contributed by atoms with E-state index in [1.807, 2.05) is 191 Å². The smallest absolute Gasteiger partial charge is 0.330 e. The van der Waals surface area contributed by atoms with Crippen molar-refractivity contribution in [1.29, 1.82) is 0 Å². The first-order chi connectivity index (χ1) is 49.2. The van der Waals surface area contributed by atoms with E-state index in [1.54, 1.807) is 54.8 Å². The van der Waals surface area contributed by atoms with E-state index in [2.05, 4.69) is 81.6 Å². The van der Waals surface area contributed by atoms with E-state index in [0.717, 1.165) is 86.0 Å². The first kappa shape index (κ1) is 81.3. The SMILES string of the molecule is COC(=O)/C=C(\C)c1ccccc1OC.COC(=O)CC(C)c1ccccc1OC.COc1ccccc1C(C)=O.COc1ccccc1C(C)CC(=O)Nc1cccc2ccccc12.COc1ccccc1C(C)CC(=O)O.COc1ccccc1C(C)CCNc1cccc2ccccc12. The number of carbonyl (C=O) groups excluding carboxylic acids is 4. The maximum absolute atomic E-state index is 12.5. The number of para-hydroxylation sites is 6. The second kappa shape index (κ2) is 43.9. The number of carbonyl (C=O) groups is 5. The molecule has 0 radical (unpaired) electrons. The molecule has 10 aromatic carbocycles. The number of nitrogens with one attached hydrogen (secondary N) is 2. The average Bonchev–Trinajstić information content (AvgIpc) is 0.826. The lowest BCUT2D eigenvalue weighted by Gasteiger charge is -2.16. The Labute approximate surface area is 601 Å². The van der Waals surface area contributed by atoms with E-state index in [-0.39, 0.29) is 47.8 Å². The summed E-state index contributed by atoms with van der Waals surface area (Å²) in [6.07, 6.45) is 3.41.